The van der Waals surface area contributed by atoms with Gasteiger partial charge >= 0.3 is 5.97 Å². The molecule has 0 saturated heterocycles. The van der Waals surface area contributed by atoms with Gasteiger partial charge in [0.1, 0.15) is 11.4 Å². The minimum atomic E-state index is -1.02. The van der Waals surface area contributed by atoms with Gasteiger partial charge in [0.2, 0.25) is 0 Å². The molecule has 0 aliphatic rings. The van der Waals surface area contributed by atoms with Gasteiger partial charge in [-0.1, -0.05) is 12.1 Å². The Hall–Kier alpha value is -3.68. The fraction of sp³-hybridized carbons (Fsp3) is 0.238. The fourth-order valence-electron chi connectivity index (χ4n) is 2.86. The summed E-state index contributed by atoms with van der Waals surface area (Å²) in [5.41, 5.74) is 6.91. The third kappa shape index (κ3) is 4.43. The summed E-state index contributed by atoms with van der Waals surface area (Å²) in [7, 11) is 1.57. The van der Waals surface area contributed by atoms with Gasteiger partial charge in [-0.15, -0.1) is 0 Å². The molecule has 0 radical (unpaired) electrons. The van der Waals surface area contributed by atoms with Crippen LogP contribution in [-0.2, 0) is 20.7 Å². The summed E-state index contributed by atoms with van der Waals surface area (Å²) < 4.78 is 11.7. The van der Waals surface area contributed by atoms with Gasteiger partial charge in [0.15, 0.2) is 6.10 Å². The molecular weight excluding hydrogens is 374 g/mol. The van der Waals surface area contributed by atoms with E-state index in [1.807, 2.05) is 12.1 Å². The Kier molecular flexibility index (Phi) is 5.92. The molecule has 1 amide bonds. The Bertz CT molecular complexity index is 1110. The first kappa shape index (κ1) is 20.1. The van der Waals surface area contributed by atoms with Crippen molar-refractivity contribution in [3.05, 3.63) is 64.6 Å². The van der Waals surface area contributed by atoms with Gasteiger partial charge in [0.25, 0.3) is 11.5 Å². The molecular formula is C21H21N3O5. The Balaban J connectivity index is 1.96. The highest BCUT2D eigenvalue weighted by Gasteiger charge is 2.17. The van der Waals surface area contributed by atoms with Crippen molar-refractivity contribution >= 4 is 22.9 Å². The highest BCUT2D eigenvalue weighted by molar-refractivity contribution is 5.82. The van der Waals surface area contributed by atoms with Crippen molar-refractivity contribution in [1.29, 1.82) is 0 Å². The zero-order valence-electron chi connectivity index (χ0n) is 16.1. The highest BCUT2D eigenvalue weighted by atomic mass is 16.5. The first-order valence-corrected chi connectivity index (χ1v) is 9.04. The summed E-state index contributed by atoms with van der Waals surface area (Å²) in [5.74, 6) is -0.683. The number of carbonyl (C=O) groups is 2. The van der Waals surface area contributed by atoms with Crippen molar-refractivity contribution in [3.8, 4) is 11.4 Å². The molecule has 8 nitrogen and oxygen atoms in total. The molecule has 0 aliphatic heterocycles. The van der Waals surface area contributed by atoms with Gasteiger partial charge in [-0.05, 0) is 43.3 Å². The van der Waals surface area contributed by atoms with Crippen LogP contribution in [0.15, 0.2) is 53.3 Å². The number of nitrogens with two attached hydrogens (primary N) is 1. The third-order valence-electron chi connectivity index (χ3n) is 4.43. The first-order chi connectivity index (χ1) is 13.9. The van der Waals surface area contributed by atoms with E-state index < -0.39 is 18.0 Å². The number of aromatic nitrogens is 2. The van der Waals surface area contributed by atoms with Crippen molar-refractivity contribution < 1.29 is 19.1 Å². The van der Waals surface area contributed by atoms with Crippen LogP contribution < -0.4 is 16.0 Å². The lowest BCUT2D eigenvalue weighted by molar-refractivity contribution is -0.153. The smallest absolute Gasteiger partial charge is 0.306 e. The number of nitrogens with zero attached hydrogens (tertiary/aromatic N) is 2. The van der Waals surface area contributed by atoms with Gasteiger partial charge in [-0.2, -0.15) is 0 Å². The minimum Gasteiger partial charge on any atom is -0.497 e. The molecule has 0 fully saturated rings. The summed E-state index contributed by atoms with van der Waals surface area (Å²) in [6.45, 7) is 1.39. The van der Waals surface area contributed by atoms with E-state index in [0.29, 0.717) is 22.5 Å². The van der Waals surface area contributed by atoms with Crippen LogP contribution in [0.4, 0.5) is 0 Å². The standard InChI is InChI=1S/C21H21N3O5/c1-13(20(22)26)29-19(25)12-11-17-21(27)24(14-7-9-15(28-2)10-8-14)18-6-4-3-5-16(18)23-17/h3-10,13H,11-12H2,1-2H3,(H2,22,26)/t13-/m0/s1. The Morgan fingerprint density at radius 2 is 1.83 bits per heavy atom. The minimum absolute atomic E-state index is 0.0735. The van der Waals surface area contributed by atoms with Crippen molar-refractivity contribution in [3.63, 3.8) is 0 Å². The highest BCUT2D eigenvalue weighted by Crippen LogP contribution is 2.19. The number of aryl methyl sites for hydroxylation is 1. The second kappa shape index (κ2) is 8.55. The van der Waals surface area contributed by atoms with Gasteiger partial charge in [-0.3, -0.25) is 19.0 Å². The molecule has 1 aromatic heterocycles. The lowest BCUT2D eigenvalue weighted by Gasteiger charge is -2.13. The number of esters is 1. The summed E-state index contributed by atoms with van der Waals surface area (Å²) in [4.78, 5) is 40.5. The molecule has 150 valence electrons. The second-order valence-corrected chi connectivity index (χ2v) is 6.42. The molecule has 2 aromatic carbocycles. The molecule has 29 heavy (non-hydrogen) atoms. The predicted molar refractivity (Wildman–Crippen MR) is 107 cm³/mol. The summed E-state index contributed by atoms with van der Waals surface area (Å²) >= 11 is 0. The number of para-hydroxylation sites is 2. The van der Waals surface area contributed by atoms with Crippen LogP contribution in [0.1, 0.15) is 19.0 Å². The Labute approximate surface area is 166 Å². The molecule has 0 saturated carbocycles. The van der Waals surface area contributed by atoms with Crippen molar-refractivity contribution in [2.75, 3.05) is 7.11 Å². The zero-order chi connectivity index (χ0) is 21.0. The molecule has 1 heterocycles. The summed E-state index contributed by atoms with van der Waals surface area (Å²) in [6.07, 6.45) is -1.05. The largest absolute Gasteiger partial charge is 0.497 e. The number of hydrogen-bond acceptors (Lipinski definition) is 6. The molecule has 8 heteroatoms. The van der Waals surface area contributed by atoms with Crippen molar-refractivity contribution in [1.82, 2.24) is 9.55 Å². The van der Waals surface area contributed by atoms with Crippen LogP contribution in [0.25, 0.3) is 16.7 Å². The molecule has 0 unspecified atom stereocenters. The summed E-state index contributed by atoms with van der Waals surface area (Å²) in [6, 6.07) is 14.3. The molecule has 0 aliphatic carbocycles. The lowest BCUT2D eigenvalue weighted by Crippen LogP contribution is -2.31. The average molecular weight is 395 g/mol. The number of carbonyl (C=O) groups excluding carboxylic acids is 2. The predicted octanol–water partition coefficient (Wildman–Crippen LogP) is 1.74. The van der Waals surface area contributed by atoms with E-state index in [2.05, 4.69) is 4.98 Å². The van der Waals surface area contributed by atoms with E-state index in [-0.39, 0.29) is 24.1 Å². The summed E-state index contributed by atoms with van der Waals surface area (Å²) in [5, 5.41) is 0. The van der Waals surface area contributed by atoms with E-state index in [1.165, 1.54) is 6.92 Å². The normalized spacial score (nSPS) is 11.8. The van der Waals surface area contributed by atoms with E-state index in [1.54, 1.807) is 48.1 Å². The van der Waals surface area contributed by atoms with Crippen LogP contribution in [0.5, 0.6) is 5.75 Å². The molecule has 0 bridgehead atoms. The number of ether oxygens (including phenoxy) is 2. The Morgan fingerprint density at radius 1 is 1.14 bits per heavy atom. The van der Waals surface area contributed by atoms with Gasteiger partial charge in [0.05, 0.1) is 24.6 Å². The number of primary amides is 1. The van der Waals surface area contributed by atoms with Crippen molar-refractivity contribution in [2.45, 2.75) is 25.9 Å². The number of hydrogen-bond donors (Lipinski definition) is 1. The zero-order valence-corrected chi connectivity index (χ0v) is 16.1. The Morgan fingerprint density at radius 3 is 2.48 bits per heavy atom. The van der Waals surface area contributed by atoms with Gasteiger partial charge in [0, 0.05) is 12.1 Å². The van der Waals surface area contributed by atoms with Crippen LogP contribution in [0.3, 0.4) is 0 Å². The average Bonchev–Trinajstić information content (AvgIpc) is 2.72. The second-order valence-electron chi connectivity index (χ2n) is 6.42. The molecule has 3 rings (SSSR count). The van der Waals surface area contributed by atoms with E-state index >= 15 is 0 Å². The van der Waals surface area contributed by atoms with Crippen molar-refractivity contribution in [2.24, 2.45) is 5.73 Å². The first-order valence-electron chi connectivity index (χ1n) is 9.04. The fourth-order valence-corrected chi connectivity index (χ4v) is 2.86. The maximum absolute atomic E-state index is 13.1. The molecule has 1 atom stereocenters. The monoisotopic (exact) mass is 395 g/mol. The number of benzene rings is 2. The van der Waals surface area contributed by atoms with Crippen LogP contribution in [-0.4, -0.2) is 34.6 Å². The molecule has 2 N–H and O–H groups in total. The number of rotatable bonds is 7. The van der Waals surface area contributed by atoms with Gasteiger partial charge in [-0.25, -0.2) is 4.98 Å². The SMILES string of the molecule is COc1ccc(-n2c(=O)c(CCC(=O)O[C@@H](C)C(N)=O)nc3ccccc32)cc1. The number of methoxy groups -OCH3 is 1. The van der Waals surface area contributed by atoms with E-state index in [0.717, 1.165) is 0 Å². The quantitative estimate of drug-likeness (QED) is 0.610. The maximum atomic E-state index is 13.1. The molecule has 3 aromatic rings. The topological polar surface area (TPSA) is 114 Å². The van der Waals surface area contributed by atoms with Gasteiger partial charge < -0.3 is 15.2 Å². The number of amides is 1. The van der Waals surface area contributed by atoms with E-state index in [4.69, 9.17) is 15.2 Å². The maximum Gasteiger partial charge on any atom is 0.306 e. The number of fused-ring (bicyclic) bond motifs is 1. The van der Waals surface area contributed by atoms with E-state index in [9.17, 15) is 14.4 Å². The molecule has 0 spiro atoms. The van der Waals surface area contributed by atoms with Crippen LogP contribution in [0, 0.1) is 0 Å². The van der Waals surface area contributed by atoms with Crippen LogP contribution in [0.2, 0.25) is 0 Å². The third-order valence-corrected chi connectivity index (χ3v) is 4.43. The van der Waals surface area contributed by atoms with Crippen LogP contribution >= 0.6 is 0 Å². The lowest BCUT2D eigenvalue weighted by atomic mass is 10.2.